The first-order valence-electron chi connectivity index (χ1n) is 5.76. The molecule has 0 amide bonds. The Bertz CT molecular complexity index is 355. The molecule has 5 heteroatoms. The van der Waals surface area contributed by atoms with Crippen LogP contribution in [0.15, 0.2) is 4.52 Å². The number of likely N-dealkylation sites (tertiary alicyclic amines) is 1. The third-order valence-corrected chi connectivity index (χ3v) is 2.81. The molecule has 1 fully saturated rings. The van der Waals surface area contributed by atoms with Crippen molar-refractivity contribution >= 4 is 0 Å². The number of rotatable bonds is 2. The predicted molar refractivity (Wildman–Crippen MR) is 60.9 cm³/mol. The number of nitrogens with zero attached hydrogens (tertiary/aromatic N) is 3. The van der Waals surface area contributed by atoms with Crippen LogP contribution in [0.1, 0.15) is 38.9 Å². The molecule has 1 aliphatic rings. The molecule has 1 atom stereocenters. The van der Waals surface area contributed by atoms with E-state index in [1.54, 1.807) is 0 Å². The second-order valence-electron chi connectivity index (χ2n) is 5.55. The van der Waals surface area contributed by atoms with Gasteiger partial charge >= 0.3 is 0 Å². The summed E-state index contributed by atoms with van der Waals surface area (Å²) in [5.41, 5.74) is 5.79. The Labute approximate surface area is 96.0 Å². The lowest BCUT2D eigenvalue weighted by atomic mass is 9.96. The minimum atomic E-state index is -0.0524. The summed E-state index contributed by atoms with van der Waals surface area (Å²) in [4.78, 5) is 6.66. The lowest BCUT2D eigenvalue weighted by Crippen LogP contribution is -2.26. The molecule has 1 aromatic heterocycles. The Kier molecular flexibility index (Phi) is 2.99. The second-order valence-corrected chi connectivity index (χ2v) is 5.55. The minimum Gasteiger partial charge on any atom is -0.338 e. The van der Waals surface area contributed by atoms with Gasteiger partial charge in [0.05, 0.1) is 6.54 Å². The van der Waals surface area contributed by atoms with Crippen LogP contribution in [-0.4, -0.2) is 34.2 Å². The van der Waals surface area contributed by atoms with Crippen LogP contribution in [0.25, 0.3) is 0 Å². The Morgan fingerprint density at radius 3 is 2.75 bits per heavy atom. The molecule has 0 saturated carbocycles. The molecule has 1 saturated heterocycles. The molecule has 2 N–H and O–H groups in total. The van der Waals surface area contributed by atoms with Gasteiger partial charge in [-0.15, -0.1) is 0 Å². The van der Waals surface area contributed by atoms with Crippen molar-refractivity contribution in [1.29, 1.82) is 0 Å². The molecule has 2 rings (SSSR count). The molecular formula is C11H20N4O. The summed E-state index contributed by atoms with van der Waals surface area (Å²) in [7, 11) is 0. The molecule has 1 aromatic rings. The SMILES string of the molecule is CC(C)(C)c1noc(CN2CC[C@H](N)C2)n1. The average Bonchev–Trinajstić information content (AvgIpc) is 2.74. The van der Waals surface area contributed by atoms with E-state index in [1.165, 1.54) is 0 Å². The number of hydrogen-bond acceptors (Lipinski definition) is 5. The van der Waals surface area contributed by atoms with E-state index in [1.807, 2.05) is 0 Å². The Morgan fingerprint density at radius 2 is 2.25 bits per heavy atom. The van der Waals surface area contributed by atoms with Gasteiger partial charge in [-0.2, -0.15) is 4.98 Å². The highest BCUT2D eigenvalue weighted by atomic mass is 16.5. The predicted octanol–water partition coefficient (Wildman–Crippen LogP) is 0.900. The fourth-order valence-electron chi connectivity index (χ4n) is 1.82. The van der Waals surface area contributed by atoms with Crippen LogP contribution < -0.4 is 5.73 Å². The molecule has 0 aliphatic carbocycles. The summed E-state index contributed by atoms with van der Waals surface area (Å²) >= 11 is 0. The van der Waals surface area contributed by atoms with Crippen molar-refractivity contribution < 1.29 is 4.52 Å². The Balaban J connectivity index is 1.98. The first kappa shape index (κ1) is 11.5. The van der Waals surface area contributed by atoms with Crippen molar-refractivity contribution in [3.63, 3.8) is 0 Å². The smallest absolute Gasteiger partial charge is 0.240 e. The summed E-state index contributed by atoms with van der Waals surface area (Å²) in [5.74, 6) is 1.46. The maximum atomic E-state index is 5.84. The van der Waals surface area contributed by atoms with E-state index < -0.39 is 0 Å². The highest BCUT2D eigenvalue weighted by Gasteiger charge is 2.24. The van der Waals surface area contributed by atoms with Crippen LogP contribution in [0.3, 0.4) is 0 Å². The van der Waals surface area contributed by atoms with E-state index in [-0.39, 0.29) is 5.41 Å². The topological polar surface area (TPSA) is 68.2 Å². The van der Waals surface area contributed by atoms with E-state index in [4.69, 9.17) is 10.3 Å². The number of aromatic nitrogens is 2. The third-order valence-electron chi connectivity index (χ3n) is 2.81. The van der Waals surface area contributed by atoms with Crippen molar-refractivity contribution in [2.75, 3.05) is 13.1 Å². The molecule has 0 aromatic carbocycles. The van der Waals surface area contributed by atoms with Crippen molar-refractivity contribution in [3.8, 4) is 0 Å². The molecule has 0 unspecified atom stereocenters. The van der Waals surface area contributed by atoms with Gasteiger partial charge in [0.25, 0.3) is 0 Å². The third kappa shape index (κ3) is 2.59. The molecule has 0 spiro atoms. The summed E-state index contributed by atoms with van der Waals surface area (Å²) < 4.78 is 5.24. The van der Waals surface area contributed by atoms with E-state index in [0.717, 1.165) is 31.9 Å². The van der Waals surface area contributed by atoms with Gasteiger partial charge in [-0.25, -0.2) is 0 Å². The average molecular weight is 224 g/mol. The van der Waals surface area contributed by atoms with Gasteiger partial charge in [0.2, 0.25) is 5.89 Å². The van der Waals surface area contributed by atoms with E-state index in [0.29, 0.717) is 11.9 Å². The minimum absolute atomic E-state index is 0.0524. The van der Waals surface area contributed by atoms with E-state index in [9.17, 15) is 0 Å². The quantitative estimate of drug-likeness (QED) is 0.808. The van der Waals surface area contributed by atoms with Crippen LogP contribution >= 0.6 is 0 Å². The number of nitrogens with two attached hydrogens (primary N) is 1. The second kappa shape index (κ2) is 4.14. The summed E-state index contributed by atoms with van der Waals surface area (Å²) in [6.45, 7) is 8.90. The van der Waals surface area contributed by atoms with Crippen molar-refractivity contribution in [3.05, 3.63) is 11.7 Å². The number of hydrogen-bond donors (Lipinski definition) is 1. The van der Waals surface area contributed by atoms with E-state index in [2.05, 4.69) is 35.8 Å². The van der Waals surface area contributed by atoms with Gasteiger partial charge in [0, 0.05) is 24.5 Å². The van der Waals surface area contributed by atoms with Crippen molar-refractivity contribution in [2.45, 2.75) is 45.2 Å². The molecule has 1 aliphatic heterocycles. The fraction of sp³-hybridized carbons (Fsp3) is 0.818. The maximum Gasteiger partial charge on any atom is 0.240 e. The lowest BCUT2D eigenvalue weighted by Gasteiger charge is -2.12. The van der Waals surface area contributed by atoms with Gasteiger partial charge in [-0.1, -0.05) is 25.9 Å². The van der Waals surface area contributed by atoms with Crippen molar-refractivity contribution in [1.82, 2.24) is 15.0 Å². The first-order valence-corrected chi connectivity index (χ1v) is 5.76. The van der Waals surface area contributed by atoms with E-state index >= 15 is 0 Å². The molecule has 90 valence electrons. The summed E-state index contributed by atoms with van der Waals surface area (Å²) in [6, 6.07) is 0.296. The first-order chi connectivity index (χ1) is 7.45. The molecule has 0 bridgehead atoms. The Hall–Kier alpha value is -0.940. The highest BCUT2D eigenvalue weighted by molar-refractivity contribution is 5.00. The van der Waals surface area contributed by atoms with Gasteiger partial charge < -0.3 is 10.3 Å². The summed E-state index contributed by atoms with van der Waals surface area (Å²) in [5, 5.41) is 4.00. The largest absolute Gasteiger partial charge is 0.338 e. The summed E-state index contributed by atoms with van der Waals surface area (Å²) in [6.07, 6.45) is 1.06. The van der Waals surface area contributed by atoms with Crippen molar-refractivity contribution in [2.24, 2.45) is 5.73 Å². The molecule has 5 nitrogen and oxygen atoms in total. The fourth-order valence-corrected chi connectivity index (χ4v) is 1.82. The zero-order chi connectivity index (χ0) is 11.8. The van der Waals surface area contributed by atoms with Crippen LogP contribution in [-0.2, 0) is 12.0 Å². The lowest BCUT2D eigenvalue weighted by molar-refractivity contribution is 0.264. The molecule has 16 heavy (non-hydrogen) atoms. The molecule has 2 heterocycles. The van der Waals surface area contributed by atoms with Gasteiger partial charge in [0.15, 0.2) is 5.82 Å². The molecular weight excluding hydrogens is 204 g/mol. The molecule has 0 radical (unpaired) electrons. The van der Waals surface area contributed by atoms with Crippen LogP contribution in [0, 0.1) is 0 Å². The highest BCUT2D eigenvalue weighted by Crippen LogP contribution is 2.19. The maximum absolute atomic E-state index is 5.84. The monoisotopic (exact) mass is 224 g/mol. The zero-order valence-electron chi connectivity index (χ0n) is 10.2. The standard InChI is InChI=1S/C11H20N4O/c1-11(2,3)10-13-9(16-14-10)7-15-5-4-8(12)6-15/h8H,4-7,12H2,1-3H3/t8-/m0/s1. The van der Waals surface area contributed by atoms with Crippen LogP contribution in [0.4, 0.5) is 0 Å². The van der Waals surface area contributed by atoms with Gasteiger partial charge in [0.1, 0.15) is 0 Å². The van der Waals surface area contributed by atoms with Crippen LogP contribution in [0.5, 0.6) is 0 Å². The zero-order valence-corrected chi connectivity index (χ0v) is 10.2. The van der Waals surface area contributed by atoms with Gasteiger partial charge in [-0.05, 0) is 6.42 Å². The Morgan fingerprint density at radius 1 is 1.50 bits per heavy atom. The van der Waals surface area contributed by atoms with Gasteiger partial charge in [-0.3, -0.25) is 4.90 Å². The van der Waals surface area contributed by atoms with Crippen LogP contribution in [0.2, 0.25) is 0 Å². The normalized spacial score (nSPS) is 22.9.